The van der Waals surface area contributed by atoms with Gasteiger partial charge in [0.1, 0.15) is 5.60 Å². The number of nitrogens with one attached hydrogen (secondary N) is 2. The van der Waals surface area contributed by atoms with Crippen LogP contribution in [0.1, 0.15) is 32.8 Å². The monoisotopic (exact) mass is 397 g/mol. The van der Waals surface area contributed by atoms with Crippen LogP contribution >= 0.6 is 0 Å². The van der Waals surface area contributed by atoms with Gasteiger partial charge in [0.2, 0.25) is 5.91 Å². The number of nitrogens with two attached hydrogens (primary N) is 1. The van der Waals surface area contributed by atoms with E-state index in [-0.39, 0.29) is 18.5 Å². The fourth-order valence-corrected chi connectivity index (χ4v) is 2.91. The Morgan fingerprint density at radius 3 is 2.41 bits per heavy atom. The van der Waals surface area contributed by atoms with Crippen molar-refractivity contribution in [1.82, 2.24) is 10.6 Å². The molecule has 7 nitrogen and oxygen atoms in total. The van der Waals surface area contributed by atoms with Gasteiger partial charge >= 0.3 is 6.09 Å². The maximum atomic E-state index is 12.1. The van der Waals surface area contributed by atoms with E-state index < -0.39 is 28.5 Å². The highest BCUT2D eigenvalue weighted by Crippen LogP contribution is 2.08. The lowest BCUT2D eigenvalue weighted by Crippen LogP contribution is -2.49. The van der Waals surface area contributed by atoms with Gasteiger partial charge in [-0.3, -0.25) is 9.00 Å². The maximum absolute atomic E-state index is 12.1. The first-order valence-corrected chi connectivity index (χ1v) is 10.7. The summed E-state index contributed by atoms with van der Waals surface area (Å²) in [6.07, 6.45) is 1.92. The Labute approximate surface area is 163 Å². The molecule has 27 heavy (non-hydrogen) atoms. The topological polar surface area (TPSA) is 111 Å². The van der Waals surface area contributed by atoms with Crippen LogP contribution in [0.15, 0.2) is 30.3 Å². The second kappa shape index (κ2) is 11.0. The number of benzene rings is 1. The standard InChI is InChI=1S/C19H31N3O4S/c1-19(2,3)26-18(24)22-15(12-14-8-6-5-7-9-14)13-21-17(23)16(20)10-11-27(4)25/h5-9,15-16H,10-13,20H2,1-4H3,(H,21,23)(H,22,24)/t15-,16+,27?/m0/s1. The molecular weight excluding hydrogens is 366 g/mol. The van der Waals surface area contributed by atoms with Crippen LogP contribution in [0, 0.1) is 0 Å². The summed E-state index contributed by atoms with van der Waals surface area (Å²) in [5, 5.41) is 5.56. The Morgan fingerprint density at radius 1 is 1.22 bits per heavy atom. The first kappa shape index (κ1) is 23.1. The normalized spacial score (nSPS) is 14.7. The van der Waals surface area contributed by atoms with Crippen molar-refractivity contribution in [2.45, 2.75) is 51.3 Å². The number of hydrogen-bond donors (Lipinski definition) is 3. The third-order valence-electron chi connectivity index (χ3n) is 3.62. The van der Waals surface area contributed by atoms with Gasteiger partial charge in [0, 0.05) is 29.4 Å². The third-order valence-corrected chi connectivity index (χ3v) is 4.43. The summed E-state index contributed by atoms with van der Waals surface area (Å²) >= 11 is 0. The second-order valence-corrected chi connectivity index (χ2v) is 9.01. The number of carbonyl (C=O) groups is 2. The highest BCUT2D eigenvalue weighted by atomic mass is 32.2. The number of carbonyl (C=O) groups excluding carboxylic acids is 2. The zero-order valence-corrected chi connectivity index (χ0v) is 17.3. The van der Waals surface area contributed by atoms with Crippen molar-refractivity contribution in [3.05, 3.63) is 35.9 Å². The van der Waals surface area contributed by atoms with Crippen LogP contribution in [0.5, 0.6) is 0 Å². The second-order valence-electron chi connectivity index (χ2n) is 7.45. The van der Waals surface area contributed by atoms with E-state index in [1.807, 2.05) is 30.3 Å². The lowest BCUT2D eigenvalue weighted by molar-refractivity contribution is -0.122. The number of alkyl carbamates (subject to hydrolysis) is 1. The molecule has 1 aromatic carbocycles. The molecule has 0 aliphatic heterocycles. The van der Waals surface area contributed by atoms with Crippen molar-refractivity contribution in [3.63, 3.8) is 0 Å². The zero-order chi connectivity index (χ0) is 20.4. The summed E-state index contributed by atoms with van der Waals surface area (Å²) in [4.78, 5) is 24.3. The van der Waals surface area contributed by atoms with Gasteiger partial charge < -0.3 is 21.1 Å². The first-order chi connectivity index (χ1) is 12.6. The molecule has 0 spiro atoms. The summed E-state index contributed by atoms with van der Waals surface area (Å²) in [6.45, 7) is 5.58. The van der Waals surface area contributed by atoms with Gasteiger partial charge in [-0.2, -0.15) is 0 Å². The van der Waals surface area contributed by atoms with Crippen LogP contribution in [-0.4, -0.2) is 52.4 Å². The molecule has 1 unspecified atom stereocenters. The number of ether oxygens (including phenoxy) is 1. The molecule has 0 aromatic heterocycles. The van der Waals surface area contributed by atoms with E-state index in [0.717, 1.165) is 5.56 Å². The molecule has 0 heterocycles. The molecule has 3 atom stereocenters. The van der Waals surface area contributed by atoms with Crippen LogP contribution in [0.3, 0.4) is 0 Å². The van der Waals surface area contributed by atoms with E-state index in [4.69, 9.17) is 10.5 Å². The van der Waals surface area contributed by atoms with Crippen molar-refractivity contribution in [2.24, 2.45) is 5.73 Å². The number of rotatable bonds is 9. The molecule has 0 bridgehead atoms. The van der Waals surface area contributed by atoms with Crippen molar-refractivity contribution < 1.29 is 18.5 Å². The Kier molecular flexibility index (Phi) is 9.45. The molecule has 8 heteroatoms. The molecule has 0 radical (unpaired) electrons. The van der Waals surface area contributed by atoms with Crippen LogP contribution in [-0.2, 0) is 26.8 Å². The molecule has 4 N–H and O–H groups in total. The predicted molar refractivity (Wildman–Crippen MR) is 108 cm³/mol. The van der Waals surface area contributed by atoms with E-state index in [0.29, 0.717) is 18.6 Å². The maximum Gasteiger partial charge on any atom is 0.407 e. The molecule has 0 fully saturated rings. The Balaban J connectivity index is 2.66. The SMILES string of the molecule is CS(=O)CC[C@@H](N)C(=O)NC[C@H](Cc1ccccc1)NC(=O)OC(C)(C)C. The van der Waals surface area contributed by atoms with Crippen LogP contribution in [0.4, 0.5) is 4.79 Å². The summed E-state index contributed by atoms with van der Waals surface area (Å²) in [6, 6.07) is 8.57. The quantitative estimate of drug-likeness (QED) is 0.582. The van der Waals surface area contributed by atoms with Gasteiger partial charge in [-0.1, -0.05) is 30.3 Å². The van der Waals surface area contributed by atoms with Crippen molar-refractivity contribution in [2.75, 3.05) is 18.6 Å². The number of hydrogen-bond acceptors (Lipinski definition) is 5. The summed E-state index contributed by atoms with van der Waals surface area (Å²) < 4.78 is 16.4. The van der Waals surface area contributed by atoms with Gasteiger partial charge in [-0.05, 0) is 39.2 Å². The average molecular weight is 398 g/mol. The molecule has 0 saturated heterocycles. The lowest BCUT2D eigenvalue weighted by atomic mass is 10.1. The fourth-order valence-electron chi connectivity index (χ4n) is 2.33. The average Bonchev–Trinajstić information content (AvgIpc) is 2.56. The minimum absolute atomic E-state index is 0.218. The molecule has 1 aromatic rings. The van der Waals surface area contributed by atoms with Crippen molar-refractivity contribution in [3.8, 4) is 0 Å². The van der Waals surface area contributed by atoms with E-state index in [9.17, 15) is 13.8 Å². The third kappa shape index (κ3) is 10.7. The largest absolute Gasteiger partial charge is 0.444 e. The minimum Gasteiger partial charge on any atom is -0.444 e. The highest BCUT2D eigenvalue weighted by Gasteiger charge is 2.21. The Bertz CT molecular complexity index is 632. The Hall–Kier alpha value is -1.93. The van der Waals surface area contributed by atoms with Gasteiger partial charge in [0.25, 0.3) is 0 Å². The molecule has 152 valence electrons. The smallest absolute Gasteiger partial charge is 0.407 e. The fraction of sp³-hybridized carbons (Fsp3) is 0.579. The summed E-state index contributed by atoms with van der Waals surface area (Å²) in [5.74, 6) is 0.0440. The van der Waals surface area contributed by atoms with Gasteiger partial charge in [0.05, 0.1) is 12.1 Å². The molecule has 2 amide bonds. The van der Waals surface area contributed by atoms with Crippen LogP contribution in [0.2, 0.25) is 0 Å². The molecule has 0 aliphatic carbocycles. The lowest BCUT2D eigenvalue weighted by Gasteiger charge is -2.24. The van der Waals surface area contributed by atoms with Crippen molar-refractivity contribution >= 4 is 22.8 Å². The van der Waals surface area contributed by atoms with Crippen LogP contribution in [0.25, 0.3) is 0 Å². The molecule has 1 rings (SSSR count). The summed E-state index contributed by atoms with van der Waals surface area (Å²) in [7, 11) is -0.993. The van der Waals surface area contributed by atoms with E-state index in [1.54, 1.807) is 27.0 Å². The minimum atomic E-state index is -0.993. The Morgan fingerprint density at radius 2 is 1.85 bits per heavy atom. The van der Waals surface area contributed by atoms with E-state index >= 15 is 0 Å². The zero-order valence-electron chi connectivity index (χ0n) is 16.5. The van der Waals surface area contributed by atoms with Gasteiger partial charge in [0.15, 0.2) is 0 Å². The van der Waals surface area contributed by atoms with E-state index in [2.05, 4.69) is 10.6 Å². The van der Waals surface area contributed by atoms with Crippen molar-refractivity contribution in [1.29, 1.82) is 0 Å². The van der Waals surface area contributed by atoms with E-state index in [1.165, 1.54) is 0 Å². The number of amides is 2. The van der Waals surface area contributed by atoms with Gasteiger partial charge in [-0.25, -0.2) is 4.79 Å². The molecule has 0 aliphatic rings. The first-order valence-electron chi connectivity index (χ1n) is 8.93. The summed E-state index contributed by atoms with van der Waals surface area (Å²) in [5.41, 5.74) is 6.25. The molecular formula is C19H31N3O4S. The predicted octanol–water partition coefficient (Wildman–Crippen LogP) is 1.33. The molecule has 0 saturated carbocycles. The highest BCUT2D eigenvalue weighted by molar-refractivity contribution is 7.84. The van der Waals surface area contributed by atoms with Crippen LogP contribution < -0.4 is 16.4 Å². The van der Waals surface area contributed by atoms with Gasteiger partial charge in [-0.15, -0.1) is 0 Å².